The van der Waals surface area contributed by atoms with Gasteiger partial charge in [-0.3, -0.25) is 9.59 Å². The molecule has 1 aromatic rings. The summed E-state index contributed by atoms with van der Waals surface area (Å²) in [6.07, 6.45) is 2.80. The number of thioether (sulfide) groups is 2. The fourth-order valence-corrected chi connectivity index (χ4v) is 6.91. The molecule has 7 heteroatoms. The molecule has 0 radical (unpaired) electrons. The summed E-state index contributed by atoms with van der Waals surface area (Å²) in [6, 6.07) is 8.16. The van der Waals surface area contributed by atoms with E-state index in [1.54, 1.807) is 0 Å². The van der Waals surface area contributed by atoms with Crippen molar-refractivity contribution in [1.29, 1.82) is 0 Å². The van der Waals surface area contributed by atoms with Crippen LogP contribution in [0.1, 0.15) is 39.8 Å². The molecule has 2 amide bonds. The van der Waals surface area contributed by atoms with E-state index in [1.165, 1.54) is 23.5 Å². The molecule has 0 atom stereocenters. The van der Waals surface area contributed by atoms with Crippen molar-refractivity contribution >= 4 is 35.3 Å². The first-order valence-electron chi connectivity index (χ1n) is 10.2. The predicted molar refractivity (Wildman–Crippen MR) is 115 cm³/mol. The highest BCUT2D eigenvalue weighted by Gasteiger charge is 2.31. The molecule has 5 nitrogen and oxygen atoms in total. The van der Waals surface area contributed by atoms with Crippen LogP contribution in [0.2, 0.25) is 0 Å². The molecule has 0 saturated carbocycles. The monoisotopic (exact) mass is 420 g/mol. The molecule has 3 heterocycles. The molecule has 0 bridgehead atoms. The van der Waals surface area contributed by atoms with Crippen LogP contribution in [0.3, 0.4) is 0 Å². The Morgan fingerprint density at radius 1 is 0.893 bits per heavy atom. The minimum Gasteiger partial charge on any atom is -0.378 e. The number of nitrogens with zero attached hydrogens (tertiary/aromatic N) is 2. The van der Waals surface area contributed by atoms with E-state index in [1.807, 2.05) is 45.5 Å². The van der Waals surface area contributed by atoms with Crippen molar-refractivity contribution in [1.82, 2.24) is 9.80 Å². The van der Waals surface area contributed by atoms with Crippen LogP contribution < -0.4 is 0 Å². The molecule has 28 heavy (non-hydrogen) atoms. The van der Waals surface area contributed by atoms with E-state index in [9.17, 15) is 9.59 Å². The molecule has 0 unspecified atom stereocenters. The smallest absolute Gasteiger partial charge is 0.253 e. The van der Waals surface area contributed by atoms with Crippen LogP contribution in [-0.4, -0.2) is 72.5 Å². The van der Waals surface area contributed by atoms with Gasteiger partial charge in [-0.15, -0.1) is 23.5 Å². The Labute approximate surface area is 175 Å². The van der Waals surface area contributed by atoms with Crippen LogP contribution in [0.15, 0.2) is 24.3 Å². The molecule has 152 valence electrons. The summed E-state index contributed by atoms with van der Waals surface area (Å²) < 4.78 is 5.83. The number of amides is 2. The Hall–Kier alpha value is -1.18. The summed E-state index contributed by atoms with van der Waals surface area (Å²) in [5.74, 6) is 2.81. The van der Waals surface area contributed by atoms with Crippen LogP contribution in [0.4, 0.5) is 0 Å². The van der Waals surface area contributed by atoms with E-state index >= 15 is 0 Å². The van der Waals surface area contributed by atoms with Gasteiger partial charge in [-0.25, -0.2) is 0 Å². The second-order valence-corrected chi connectivity index (χ2v) is 10.3. The first-order chi connectivity index (χ1) is 13.7. The zero-order valence-electron chi connectivity index (χ0n) is 16.2. The number of rotatable bonds is 3. The van der Waals surface area contributed by atoms with Crippen molar-refractivity contribution in [2.24, 2.45) is 5.92 Å². The molecule has 0 N–H and O–H groups in total. The van der Waals surface area contributed by atoms with Crippen molar-refractivity contribution in [3.63, 3.8) is 0 Å². The number of carbonyl (C=O) groups excluding carboxylic acids is 2. The third kappa shape index (κ3) is 4.69. The normalized spacial score (nSPS) is 22.3. The van der Waals surface area contributed by atoms with Crippen LogP contribution in [-0.2, 0) is 9.53 Å². The van der Waals surface area contributed by atoms with Gasteiger partial charge < -0.3 is 14.5 Å². The van der Waals surface area contributed by atoms with Gasteiger partial charge in [0.15, 0.2) is 0 Å². The molecule has 3 saturated heterocycles. The lowest BCUT2D eigenvalue weighted by Crippen LogP contribution is -2.47. The van der Waals surface area contributed by atoms with E-state index in [2.05, 4.69) is 12.1 Å². The minimum atomic E-state index is 0.0462. The molecule has 0 aromatic heterocycles. The molecule has 4 rings (SSSR count). The van der Waals surface area contributed by atoms with Crippen LogP contribution in [0.5, 0.6) is 0 Å². The van der Waals surface area contributed by atoms with Crippen molar-refractivity contribution in [2.45, 2.75) is 23.8 Å². The van der Waals surface area contributed by atoms with E-state index in [0.717, 1.165) is 18.4 Å². The maximum absolute atomic E-state index is 12.9. The first-order valence-corrected chi connectivity index (χ1v) is 12.3. The largest absolute Gasteiger partial charge is 0.378 e. The molecular weight excluding hydrogens is 392 g/mol. The zero-order valence-corrected chi connectivity index (χ0v) is 17.8. The minimum absolute atomic E-state index is 0.0462. The number of morpholine rings is 1. The average Bonchev–Trinajstić information content (AvgIpc) is 2.79. The van der Waals surface area contributed by atoms with E-state index in [0.29, 0.717) is 44.0 Å². The Balaban J connectivity index is 1.30. The Kier molecular flexibility index (Phi) is 6.86. The van der Waals surface area contributed by atoms with Gasteiger partial charge in [-0.2, -0.15) is 0 Å². The van der Waals surface area contributed by atoms with Crippen LogP contribution >= 0.6 is 23.5 Å². The second-order valence-electron chi connectivity index (χ2n) is 7.55. The summed E-state index contributed by atoms with van der Waals surface area (Å²) in [5.41, 5.74) is 2.06. The summed E-state index contributed by atoms with van der Waals surface area (Å²) >= 11 is 3.99. The van der Waals surface area contributed by atoms with Crippen molar-refractivity contribution < 1.29 is 14.3 Å². The standard InChI is InChI=1S/C21H28N2O3S2/c24-19(16-2-4-18(5-3-16)21-27-14-1-15-28-21)22-8-6-17(7-9-22)20(25)23-10-12-26-13-11-23/h2-5,17,21H,1,6-15H2. The Bertz CT molecular complexity index is 677. The van der Waals surface area contributed by atoms with Gasteiger partial charge in [0.25, 0.3) is 5.91 Å². The number of carbonyl (C=O) groups is 2. The highest BCUT2D eigenvalue weighted by molar-refractivity contribution is 8.16. The second kappa shape index (κ2) is 9.55. The van der Waals surface area contributed by atoms with Gasteiger partial charge in [0.1, 0.15) is 0 Å². The number of piperidine rings is 1. The quantitative estimate of drug-likeness (QED) is 0.751. The SMILES string of the molecule is O=C(c1ccc(C2SCCCS2)cc1)N1CCC(C(=O)N2CCOCC2)CC1. The summed E-state index contributed by atoms with van der Waals surface area (Å²) in [7, 11) is 0. The summed E-state index contributed by atoms with van der Waals surface area (Å²) in [4.78, 5) is 29.3. The molecule has 1 aromatic carbocycles. The number of benzene rings is 1. The maximum Gasteiger partial charge on any atom is 0.253 e. The molecule has 3 aliphatic heterocycles. The van der Waals surface area contributed by atoms with E-state index < -0.39 is 0 Å². The zero-order chi connectivity index (χ0) is 19.3. The third-order valence-electron chi connectivity index (χ3n) is 5.71. The van der Waals surface area contributed by atoms with Crippen LogP contribution in [0.25, 0.3) is 0 Å². The molecular formula is C21H28N2O3S2. The first kappa shape index (κ1) is 20.1. The third-order valence-corrected chi connectivity index (χ3v) is 8.73. The average molecular weight is 421 g/mol. The Morgan fingerprint density at radius 3 is 2.18 bits per heavy atom. The lowest BCUT2D eigenvalue weighted by Gasteiger charge is -2.35. The van der Waals surface area contributed by atoms with Gasteiger partial charge in [0.05, 0.1) is 17.8 Å². The fraction of sp³-hybridized carbons (Fsp3) is 0.619. The number of hydrogen-bond acceptors (Lipinski definition) is 5. The number of ether oxygens (including phenoxy) is 1. The predicted octanol–water partition coefficient (Wildman–Crippen LogP) is 3.27. The Morgan fingerprint density at radius 2 is 1.54 bits per heavy atom. The highest BCUT2D eigenvalue weighted by Crippen LogP contribution is 2.43. The van der Waals surface area contributed by atoms with E-state index in [4.69, 9.17) is 4.74 Å². The van der Waals surface area contributed by atoms with Crippen molar-refractivity contribution in [3.8, 4) is 0 Å². The van der Waals surface area contributed by atoms with Gasteiger partial charge in [-0.1, -0.05) is 12.1 Å². The molecule has 3 fully saturated rings. The van der Waals surface area contributed by atoms with Gasteiger partial charge in [0.2, 0.25) is 5.91 Å². The molecule has 3 aliphatic rings. The van der Waals surface area contributed by atoms with Crippen molar-refractivity contribution in [3.05, 3.63) is 35.4 Å². The van der Waals surface area contributed by atoms with Gasteiger partial charge in [-0.05, 0) is 48.5 Å². The number of hydrogen-bond donors (Lipinski definition) is 0. The maximum atomic E-state index is 12.9. The van der Waals surface area contributed by atoms with Gasteiger partial charge >= 0.3 is 0 Å². The van der Waals surface area contributed by atoms with Gasteiger partial charge in [0, 0.05) is 37.7 Å². The topological polar surface area (TPSA) is 49.9 Å². The summed E-state index contributed by atoms with van der Waals surface area (Å²) in [6.45, 7) is 3.99. The highest BCUT2D eigenvalue weighted by atomic mass is 32.2. The lowest BCUT2D eigenvalue weighted by atomic mass is 9.94. The number of likely N-dealkylation sites (tertiary alicyclic amines) is 1. The molecule has 0 aliphatic carbocycles. The fourth-order valence-electron chi connectivity index (χ4n) is 4.02. The lowest BCUT2D eigenvalue weighted by molar-refractivity contribution is -0.141. The van der Waals surface area contributed by atoms with E-state index in [-0.39, 0.29) is 17.7 Å². The van der Waals surface area contributed by atoms with Crippen LogP contribution in [0, 0.1) is 5.92 Å². The summed E-state index contributed by atoms with van der Waals surface area (Å²) in [5, 5.41) is 0. The van der Waals surface area contributed by atoms with Crippen molar-refractivity contribution in [2.75, 3.05) is 50.9 Å². The molecule has 0 spiro atoms.